The zero-order valence-corrected chi connectivity index (χ0v) is 28.1. The van der Waals surface area contributed by atoms with Gasteiger partial charge in [-0.3, -0.25) is 4.57 Å². The van der Waals surface area contributed by atoms with E-state index in [1.807, 2.05) is 0 Å². The molecule has 0 amide bonds. The number of aromatic nitrogens is 4. The van der Waals surface area contributed by atoms with E-state index in [0.717, 1.165) is 38.9 Å². The molecule has 11 rings (SSSR count). The molecule has 0 N–H and O–H groups in total. The first-order chi connectivity index (χ1) is 25.8. The highest BCUT2D eigenvalue weighted by atomic mass is 15.2. The van der Waals surface area contributed by atoms with E-state index in [-0.39, 0.29) is 0 Å². The lowest BCUT2D eigenvalue weighted by Crippen LogP contribution is -2.03. The summed E-state index contributed by atoms with van der Waals surface area (Å²) in [4.78, 5) is 10.8. The molecule has 0 radical (unpaired) electrons. The lowest BCUT2D eigenvalue weighted by Gasteiger charge is -2.13. The summed E-state index contributed by atoms with van der Waals surface area (Å²) in [5, 5.41) is 8.21. The highest BCUT2D eigenvalue weighted by Crippen LogP contribution is 2.44. The van der Waals surface area contributed by atoms with Gasteiger partial charge in [0.25, 0.3) is 0 Å². The first-order valence-corrected chi connectivity index (χ1v) is 17.7. The van der Waals surface area contributed by atoms with Gasteiger partial charge in [-0.25, -0.2) is 9.97 Å². The summed E-state index contributed by atoms with van der Waals surface area (Å²) < 4.78 is 4.69. The Morgan fingerprint density at radius 3 is 1.75 bits per heavy atom. The Hall–Kier alpha value is -7.04. The Bertz CT molecular complexity index is 3160. The molecule has 0 atom stereocenters. The van der Waals surface area contributed by atoms with E-state index in [0.29, 0.717) is 5.95 Å². The van der Waals surface area contributed by atoms with Crippen LogP contribution in [0, 0.1) is 0 Å². The summed E-state index contributed by atoms with van der Waals surface area (Å²) in [6.07, 6.45) is 0. The molecule has 3 aromatic heterocycles. The summed E-state index contributed by atoms with van der Waals surface area (Å²) in [5.41, 5.74) is 10.9. The SMILES string of the molecule is c1ccc(-c2ccc(-c3nc(-n4c5ccc6c(c7ccccc7n6-c6ccccc6)c5c5ccc6ccccc6c54)nc4ccccc34)cc2)cc1. The molecule has 0 saturated heterocycles. The van der Waals surface area contributed by atoms with Crippen LogP contribution >= 0.6 is 0 Å². The molecule has 0 bridgehead atoms. The fourth-order valence-electron chi connectivity index (χ4n) is 8.23. The number of benzene rings is 8. The van der Waals surface area contributed by atoms with E-state index in [1.165, 1.54) is 54.5 Å². The Labute approximate surface area is 299 Å². The molecular formula is C48H30N4. The van der Waals surface area contributed by atoms with Crippen LogP contribution in [-0.4, -0.2) is 19.1 Å². The molecule has 8 aromatic carbocycles. The average Bonchev–Trinajstić information content (AvgIpc) is 3.74. The van der Waals surface area contributed by atoms with Crippen molar-refractivity contribution < 1.29 is 0 Å². The molecule has 4 heteroatoms. The minimum absolute atomic E-state index is 0.656. The van der Waals surface area contributed by atoms with Gasteiger partial charge in [-0.15, -0.1) is 0 Å². The molecular weight excluding hydrogens is 633 g/mol. The molecule has 0 aliphatic rings. The summed E-state index contributed by atoms with van der Waals surface area (Å²) in [6.45, 7) is 0. The fourth-order valence-corrected chi connectivity index (χ4v) is 8.23. The van der Waals surface area contributed by atoms with Crippen LogP contribution in [0.5, 0.6) is 0 Å². The largest absolute Gasteiger partial charge is 0.309 e. The Kier molecular flexibility index (Phi) is 6.22. The van der Waals surface area contributed by atoms with Gasteiger partial charge in [-0.1, -0.05) is 146 Å². The number of hydrogen-bond acceptors (Lipinski definition) is 2. The summed E-state index contributed by atoms with van der Waals surface area (Å²) in [6, 6.07) is 64.7. The zero-order valence-electron chi connectivity index (χ0n) is 28.1. The maximum absolute atomic E-state index is 5.46. The second kappa shape index (κ2) is 11.2. The highest BCUT2D eigenvalue weighted by Gasteiger charge is 2.23. The van der Waals surface area contributed by atoms with Crippen molar-refractivity contribution in [2.45, 2.75) is 0 Å². The molecule has 0 unspecified atom stereocenters. The Morgan fingerprint density at radius 2 is 0.942 bits per heavy atom. The van der Waals surface area contributed by atoms with Gasteiger partial charge < -0.3 is 4.57 Å². The van der Waals surface area contributed by atoms with Gasteiger partial charge >= 0.3 is 0 Å². The first-order valence-electron chi connectivity index (χ1n) is 17.7. The molecule has 52 heavy (non-hydrogen) atoms. The predicted octanol–water partition coefficient (Wildman–Crippen LogP) is 12.3. The lowest BCUT2D eigenvalue weighted by molar-refractivity contribution is 1.02. The van der Waals surface area contributed by atoms with E-state index in [9.17, 15) is 0 Å². The summed E-state index contributed by atoms with van der Waals surface area (Å²) >= 11 is 0. The number of hydrogen-bond donors (Lipinski definition) is 0. The second-order valence-electron chi connectivity index (χ2n) is 13.4. The number of fused-ring (bicyclic) bond motifs is 10. The van der Waals surface area contributed by atoms with Crippen LogP contribution in [0.3, 0.4) is 0 Å². The van der Waals surface area contributed by atoms with Crippen LogP contribution in [0.1, 0.15) is 0 Å². The maximum Gasteiger partial charge on any atom is 0.235 e. The Morgan fingerprint density at radius 1 is 0.346 bits per heavy atom. The first kappa shape index (κ1) is 28.8. The third-order valence-corrected chi connectivity index (χ3v) is 10.5. The normalized spacial score (nSPS) is 11.8. The molecule has 4 nitrogen and oxygen atoms in total. The van der Waals surface area contributed by atoms with Crippen LogP contribution in [0.2, 0.25) is 0 Å². The third kappa shape index (κ3) is 4.21. The quantitative estimate of drug-likeness (QED) is 0.188. The minimum atomic E-state index is 0.656. The smallest absolute Gasteiger partial charge is 0.235 e. The minimum Gasteiger partial charge on any atom is -0.309 e. The highest BCUT2D eigenvalue weighted by molar-refractivity contribution is 6.31. The monoisotopic (exact) mass is 662 g/mol. The number of para-hydroxylation sites is 3. The standard InChI is InChI=1S/C48H30N4/c1-3-13-31(14-4-1)32-23-25-34(26-24-32)46-37-19-9-11-21-40(37)49-48(50-46)52-43-30-29-42-44(45(43)39-28-27-33-15-7-8-18-36(33)47(39)52)38-20-10-12-22-41(38)51(42)35-16-5-2-6-17-35/h1-30H. The van der Waals surface area contributed by atoms with Crippen molar-refractivity contribution in [3.05, 3.63) is 182 Å². The predicted molar refractivity (Wildman–Crippen MR) is 217 cm³/mol. The van der Waals surface area contributed by atoms with E-state index in [4.69, 9.17) is 9.97 Å². The molecule has 0 fully saturated rings. The van der Waals surface area contributed by atoms with E-state index < -0.39 is 0 Å². The fraction of sp³-hybridized carbons (Fsp3) is 0. The van der Waals surface area contributed by atoms with E-state index in [1.54, 1.807) is 0 Å². The molecule has 0 spiro atoms. The van der Waals surface area contributed by atoms with E-state index in [2.05, 4.69) is 191 Å². The Balaban J connectivity index is 1.25. The summed E-state index contributed by atoms with van der Waals surface area (Å²) in [7, 11) is 0. The van der Waals surface area contributed by atoms with Crippen molar-refractivity contribution >= 4 is 65.3 Å². The van der Waals surface area contributed by atoms with Crippen LogP contribution in [0.25, 0.3) is 99.3 Å². The topological polar surface area (TPSA) is 35.6 Å². The van der Waals surface area contributed by atoms with Gasteiger partial charge in [0.15, 0.2) is 0 Å². The number of nitrogens with zero attached hydrogens (tertiary/aromatic N) is 4. The molecule has 0 aliphatic carbocycles. The van der Waals surface area contributed by atoms with Gasteiger partial charge in [0, 0.05) is 43.6 Å². The van der Waals surface area contributed by atoms with Gasteiger partial charge in [-0.05, 0) is 52.9 Å². The van der Waals surface area contributed by atoms with Crippen LogP contribution in [0.4, 0.5) is 0 Å². The van der Waals surface area contributed by atoms with Crippen molar-refractivity contribution in [2.75, 3.05) is 0 Å². The van der Waals surface area contributed by atoms with Gasteiger partial charge in [0.2, 0.25) is 5.95 Å². The van der Waals surface area contributed by atoms with Crippen molar-refractivity contribution in [1.29, 1.82) is 0 Å². The van der Waals surface area contributed by atoms with Gasteiger partial charge in [0.1, 0.15) is 0 Å². The van der Waals surface area contributed by atoms with E-state index >= 15 is 0 Å². The average molecular weight is 663 g/mol. The van der Waals surface area contributed by atoms with Gasteiger partial charge in [-0.2, -0.15) is 0 Å². The summed E-state index contributed by atoms with van der Waals surface area (Å²) in [5.74, 6) is 0.656. The molecule has 0 saturated carbocycles. The lowest BCUT2D eigenvalue weighted by atomic mass is 10.0. The van der Waals surface area contributed by atoms with Crippen molar-refractivity contribution in [2.24, 2.45) is 0 Å². The van der Waals surface area contributed by atoms with Crippen molar-refractivity contribution in [3.8, 4) is 34.0 Å². The van der Waals surface area contributed by atoms with Crippen LogP contribution in [-0.2, 0) is 0 Å². The van der Waals surface area contributed by atoms with Crippen molar-refractivity contribution in [1.82, 2.24) is 19.1 Å². The molecule has 11 aromatic rings. The molecule has 0 aliphatic heterocycles. The third-order valence-electron chi connectivity index (χ3n) is 10.5. The number of rotatable bonds is 4. The second-order valence-corrected chi connectivity index (χ2v) is 13.4. The van der Waals surface area contributed by atoms with Gasteiger partial charge in [0.05, 0.1) is 33.3 Å². The van der Waals surface area contributed by atoms with Crippen LogP contribution < -0.4 is 0 Å². The van der Waals surface area contributed by atoms with Crippen LogP contribution in [0.15, 0.2) is 182 Å². The molecule has 242 valence electrons. The molecule has 3 heterocycles. The maximum atomic E-state index is 5.46. The van der Waals surface area contributed by atoms with Crippen molar-refractivity contribution in [3.63, 3.8) is 0 Å². The zero-order chi connectivity index (χ0) is 34.2.